The maximum absolute atomic E-state index is 10.8. The molecule has 1 unspecified atom stereocenters. The van der Waals surface area contributed by atoms with Crippen LogP contribution in [0.4, 0.5) is 0 Å². The van der Waals surface area contributed by atoms with E-state index >= 15 is 0 Å². The van der Waals surface area contributed by atoms with Gasteiger partial charge in [0, 0.05) is 5.75 Å². The summed E-state index contributed by atoms with van der Waals surface area (Å²) >= 11 is 3.77. The van der Waals surface area contributed by atoms with E-state index in [0.29, 0.717) is 0 Å². The van der Waals surface area contributed by atoms with Crippen molar-refractivity contribution >= 4 is 18.6 Å². The molecular weight excluding hydrogens is 198 g/mol. The highest BCUT2D eigenvalue weighted by Crippen LogP contribution is 1.91. The van der Waals surface area contributed by atoms with Gasteiger partial charge in [-0.25, -0.2) is 4.79 Å². The molecule has 78 valence electrons. The largest absolute Gasteiger partial charge is 0.394 e. The summed E-state index contributed by atoms with van der Waals surface area (Å²) in [5.74, 6) is -0.620. The van der Waals surface area contributed by atoms with Gasteiger partial charge in [-0.05, 0) is 0 Å². The Labute approximate surface area is 81.0 Å². The SMILES string of the molecule is N[C@@H](CS)C(=O)OOCC(O)CO. The minimum atomic E-state index is -1.07. The smallest absolute Gasteiger partial charge is 0.359 e. The lowest BCUT2D eigenvalue weighted by Gasteiger charge is -2.09. The number of thiol groups is 1. The van der Waals surface area contributed by atoms with Gasteiger partial charge in [0.15, 0.2) is 0 Å². The molecule has 0 heterocycles. The highest BCUT2D eigenvalue weighted by atomic mass is 32.1. The molecule has 0 aliphatic heterocycles. The molecule has 7 heteroatoms. The van der Waals surface area contributed by atoms with Crippen LogP contribution in [0, 0.1) is 0 Å². The number of nitrogens with two attached hydrogens (primary N) is 1. The average Bonchev–Trinajstić information content (AvgIpc) is 2.15. The average molecular weight is 211 g/mol. The minimum Gasteiger partial charge on any atom is -0.394 e. The van der Waals surface area contributed by atoms with E-state index < -0.39 is 24.7 Å². The minimum absolute atomic E-state index is 0.144. The topological polar surface area (TPSA) is 102 Å². The normalized spacial score (nSPS) is 15.1. The predicted octanol–water partition coefficient (Wildman–Crippen LogP) is -1.93. The van der Waals surface area contributed by atoms with E-state index in [2.05, 4.69) is 22.4 Å². The van der Waals surface area contributed by atoms with Gasteiger partial charge >= 0.3 is 5.97 Å². The van der Waals surface area contributed by atoms with Crippen LogP contribution in [-0.2, 0) is 14.6 Å². The summed E-state index contributed by atoms with van der Waals surface area (Å²) in [4.78, 5) is 19.3. The number of carbonyl (C=O) groups excluding carboxylic acids is 1. The van der Waals surface area contributed by atoms with Crippen LogP contribution in [0.5, 0.6) is 0 Å². The summed E-state index contributed by atoms with van der Waals surface area (Å²) in [7, 11) is 0. The first-order valence-electron chi connectivity index (χ1n) is 3.60. The Bertz CT molecular complexity index is 156. The molecule has 6 nitrogen and oxygen atoms in total. The van der Waals surface area contributed by atoms with Gasteiger partial charge in [-0.15, -0.1) is 0 Å². The molecule has 0 bridgehead atoms. The number of rotatable bonds is 6. The lowest BCUT2D eigenvalue weighted by molar-refractivity contribution is -0.283. The molecule has 0 rings (SSSR count). The number of hydrogen-bond donors (Lipinski definition) is 4. The second-order valence-corrected chi connectivity index (χ2v) is 2.68. The van der Waals surface area contributed by atoms with E-state index in [9.17, 15) is 4.79 Å². The first-order valence-corrected chi connectivity index (χ1v) is 4.23. The van der Waals surface area contributed by atoms with Crippen LogP contribution in [0.15, 0.2) is 0 Å². The lowest BCUT2D eigenvalue weighted by atomic mass is 10.4. The van der Waals surface area contributed by atoms with Gasteiger partial charge in [0.1, 0.15) is 18.8 Å². The Hall–Kier alpha value is -0.340. The van der Waals surface area contributed by atoms with Crippen molar-refractivity contribution in [2.45, 2.75) is 12.1 Å². The monoisotopic (exact) mass is 211 g/mol. The van der Waals surface area contributed by atoms with Gasteiger partial charge in [0.05, 0.1) is 6.61 Å². The van der Waals surface area contributed by atoms with Crippen molar-refractivity contribution in [3.05, 3.63) is 0 Å². The quantitative estimate of drug-likeness (QED) is 0.232. The molecule has 0 aromatic rings. The second-order valence-electron chi connectivity index (χ2n) is 2.31. The number of aliphatic hydroxyl groups excluding tert-OH is 2. The third-order valence-corrected chi connectivity index (χ3v) is 1.51. The van der Waals surface area contributed by atoms with E-state index in [0.717, 1.165) is 0 Å². The van der Waals surface area contributed by atoms with Crippen LogP contribution in [0.25, 0.3) is 0 Å². The third kappa shape index (κ3) is 5.83. The fraction of sp³-hybridized carbons (Fsp3) is 0.833. The van der Waals surface area contributed by atoms with E-state index in [4.69, 9.17) is 15.9 Å². The van der Waals surface area contributed by atoms with E-state index in [-0.39, 0.29) is 12.4 Å². The zero-order valence-electron chi connectivity index (χ0n) is 6.92. The molecule has 0 radical (unpaired) electrons. The maximum Gasteiger partial charge on any atom is 0.359 e. The molecule has 0 fully saturated rings. The molecule has 0 amide bonds. The maximum atomic E-state index is 10.8. The first-order chi connectivity index (χ1) is 6.11. The Kier molecular flexibility index (Phi) is 6.92. The standard InChI is InChI=1S/C6H13NO5S/c7-5(3-13)6(10)12-11-2-4(9)1-8/h4-5,8-9,13H,1-3,7H2/t4?,5-/m0/s1. The molecule has 0 saturated carbocycles. The summed E-state index contributed by atoms with van der Waals surface area (Å²) in [5, 5.41) is 17.1. The van der Waals surface area contributed by atoms with Gasteiger partial charge in [-0.3, -0.25) is 4.89 Å². The van der Waals surface area contributed by atoms with Crippen LogP contribution >= 0.6 is 12.6 Å². The van der Waals surface area contributed by atoms with Crippen LogP contribution in [0.2, 0.25) is 0 Å². The number of aliphatic hydroxyl groups is 2. The van der Waals surface area contributed by atoms with Gasteiger partial charge in [-0.2, -0.15) is 17.5 Å². The van der Waals surface area contributed by atoms with Crippen LogP contribution in [0.3, 0.4) is 0 Å². The van der Waals surface area contributed by atoms with Crippen LogP contribution < -0.4 is 5.73 Å². The fourth-order valence-corrected chi connectivity index (χ4v) is 0.509. The van der Waals surface area contributed by atoms with Gasteiger partial charge in [0.25, 0.3) is 0 Å². The molecule has 0 aliphatic rings. The Balaban J connectivity index is 3.47. The lowest BCUT2D eigenvalue weighted by Crippen LogP contribution is -2.34. The fourth-order valence-electron chi connectivity index (χ4n) is 0.360. The Morgan fingerprint density at radius 2 is 2.23 bits per heavy atom. The van der Waals surface area contributed by atoms with Crippen molar-refractivity contribution in [3.63, 3.8) is 0 Å². The molecule has 0 aromatic carbocycles. The third-order valence-electron chi connectivity index (χ3n) is 1.11. The molecular formula is C6H13NO5S. The van der Waals surface area contributed by atoms with Crippen molar-refractivity contribution in [2.24, 2.45) is 5.73 Å². The van der Waals surface area contributed by atoms with Crippen molar-refractivity contribution < 1.29 is 24.8 Å². The Morgan fingerprint density at radius 3 is 2.69 bits per heavy atom. The summed E-state index contributed by atoms with van der Waals surface area (Å²) in [6, 6.07) is -0.852. The van der Waals surface area contributed by atoms with Gasteiger partial charge in [0.2, 0.25) is 0 Å². The summed E-state index contributed by atoms with van der Waals surface area (Å²) in [6.07, 6.45) is -1.07. The molecule has 2 atom stereocenters. The highest BCUT2D eigenvalue weighted by molar-refractivity contribution is 7.80. The van der Waals surface area contributed by atoms with Gasteiger partial charge < -0.3 is 15.9 Å². The number of carbonyl (C=O) groups is 1. The van der Waals surface area contributed by atoms with Crippen molar-refractivity contribution in [3.8, 4) is 0 Å². The molecule has 0 saturated heterocycles. The number of hydrogen-bond acceptors (Lipinski definition) is 7. The molecule has 13 heavy (non-hydrogen) atoms. The van der Waals surface area contributed by atoms with E-state index in [1.165, 1.54) is 0 Å². The second kappa shape index (κ2) is 7.10. The molecule has 0 spiro atoms. The van der Waals surface area contributed by atoms with E-state index in [1.807, 2.05) is 0 Å². The van der Waals surface area contributed by atoms with Crippen LogP contribution in [-0.4, -0.2) is 47.3 Å². The molecule has 0 aromatic heterocycles. The van der Waals surface area contributed by atoms with Gasteiger partial charge in [-0.1, -0.05) is 0 Å². The van der Waals surface area contributed by atoms with Crippen molar-refractivity contribution in [1.82, 2.24) is 0 Å². The molecule has 0 aliphatic carbocycles. The highest BCUT2D eigenvalue weighted by Gasteiger charge is 2.14. The summed E-state index contributed by atoms with van der Waals surface area (Å²) in [6.45, 7) is -0.752. The summed E-state index contributed by atoms with van der Waals surface area (Å²) in [5.41, 5.74) is 5.22. The van der Waals surface area contributed by atoms with Crippen molar-refractivity contribution in [2.75, 3.05) is 19.0 Å². The summed E-state index contributed by atoms with van der Waals surface area (Å²) < 4.78 is 0. The zero-order valence-corrected chi connectivity index (χ0v) is 7.81. The van der Waals surface area contributed by atoms with Crippen molar-refractivity contribution in [1.29, 1.82) is 0 Å². The van der Waals surface area contributed by atoms with E-state index in [1.54, 1.807) is 0 Å². The Morgan fingerprint density at radius 1 is 1.62 bits per heavy atom. The molecule has 4 N–H and O–H groups in total. The van der Waals surface area contributed by atoms with Crippen LogP contribution in [0.1, 0.15) is 0 Å². The first kappa shape index (κ1) is 12.7. The zero-order chi connectivity index (χ0) is 10.3. The predicted molar refractivity (Wildman–Crippen MR) is 47.0 cm³/mol.